The second-order valence-corrected chi connectivity index (χ2v) is 7.17. The van der Waals surface area contributed by atoms with Crippen LogP contribution in [0.15, 0.2) is 23.1 Å². The molecule has 2 rings (SSSR count). The number of nitrogens with one attached hydrogen (secondary N) is 2. The molecule has 1 saturated heterocycles. The van der Waals surface area contributed by atoms with Crippen LogP contribution in [-0.4, -0.2) is 33.7 Å². The molecule has 2 atom stereocenters. The van der Waals surface area contributed by atoms with Crippen LogP contribution in [0.1, 0.15) is 31.4 Å². The SMILES string of the molecule is CCNCc1cc(S(=O)(=O)NC2CCOC2C)ccc1C. The lowest BCUT2D eigenvalue weighted by molar-refractivity contribution is 0.117. The molecule has 0 aromatic heterocycles. The van der Waals surface area contributed by atoms with E-state index >= 15 is 0 Å². The summed E-state index contributed by atoms with van der Waals surface area (Å²) in [5.74, 6) is 0. The zero-order valence-corrected chi connectivity index (χ0v) is 13.7. The van der Waals surface area contributed by atoms with Gasteiger partial charge in [0.25, 0.3) is 0 Å². The lowest BCUT2D eigenvalue weighted by Crippen LogP contribution is -2.39. The summed E-state index contributed by atoms with van der Waals surface area (Å²) in [7, 11) is -3.50. The first kappa shape index (κ1) is 16.4. The summed E-state index contributed by atoms with van der Waals surface area (Å²) in [6, 6.07) is 5.12. The number of hydrogen-bond acceptors (Lipinski definition) is 4. The highest BCUT2D eigenvalue weighted by Gasteiger charge is 2.29. The standard InChI is InChI=1S/C15H24N2O3S/c1-4-16-10-13-9-14(6-5-11(13)2)21(18,19)17-15-7-8-20-12(15)3/h5-6,9,12,15-17H,4,7-8,10H2,1-3H3. The van der Waals surface area contributed by atoms with Gasteiger partial charge in [0.05, 0.1) is 17.0 Å². The van der Waals surface area contributed by atoms with Gasteiger partial charge in [-0.3, -0.25) is 0 Å². The van der Waals surface area contributed by atoms with Crippen LogP contribution >= 0.6 is 0 Å². The third-order valence-electron chi connectivity index (χ3n) is 3.88. The molecule has 6 heteroatoms. The third-order valence-corrected chi connectivity index (χ3v) is 5.37. The maximum absolute atomic E-state index is 12.5. The van der Waals surface area contributed by atoms with Crippen molar-refractivity contribution in [3.63, 3.8) is 0 Å². The second-order valence-electron chi connectivity index (χ2n) is 5.46. The van der Waals surface area contributed by atoms with Crippen LogP contribution in [0, 0.1) is 6.92 Å². The minimum Gasteiger partial charge on any atom is -0.377 e. The van der Waals surface area contributed by atoms with Gasteiger partial charge in [0, 0.05) is 13.2 Å². The lowest BCUT2D eigenvalue weighted by atomic mass is 10.1. The summed E-state index contributed by atoms with van der Waals surface area (Å²) >= 11 is 0. The Morgan fingerprint density at radius 2 is 2.14 bits per heavy atom. The van der Waals surface area contributed by atoms with Crippen molar-refractivity contribution in [1.82, 2.24) is 10.0 Å². The van der Waals surface area contributed by atoms with Crippen molar-refractivity contribution in [2.45, 2.75) is 50.8 Å². The first-order valence-corrected chi connectivity index (χ1v) is 8.86. The molecule has 118 valence electrons. The number of benzene rings is 1. The zero-order valence-electron chi connectivity index (χ0n) is 12.8. The Labute approximate surface area is 127 Å². The molecule has 2 N–H and O–H groups in total. The van der Waals surface area contributed by atoms with Gasteiger partial charge < -0.3 is 10.1 Å². The number of rotatable bonds is 6. The van der Waals surface area contributed by atoms with Crippen molar-refractivity contribution in [3.05, 3.63) is 29.3 Å². The summed E-state index contributed by atoms with van der Waals surface area (Å²) in [6.45, 7) is 8.04. The summed E-state index contributed by atoms with van der Waals surface area (Å²) < 4.78 is 33.1. The minimum atomic E-state index is -3.50. The van der Waals surface area contributed by atoms with Gasteiger partial charge in [0.1, 0.15) is 0 Å². The summed E-state index contributed by atoms with van der Waals surface area (Å²) in [5.41, 5.74) is 2.10. The van der Waals surface area contributed by atoms with Gasteiger partial charge in [-0.2, -0.15) is 0 Å². The van der Waals surface area contributed by atoms with E-state index in [1.54, 1.807) is 12.1 Å². The van der Waals surface area contributed by atoms with Crippen molar-refractivity contribution in [2.24, 2.45) is 0 Å². The first-order chi connectivity index (χ1) is 9.94. The molecule has 5 nitrogen and oxygen atoms in total. The molecule has 0 radical (unpaired) electrons. The average molecular weight is 312 g/mol. The highest BCUT2D eigenvalue weighted by atomic mass is 32.2. The van der Waals surface area contributed by atoms with E-state index in [4.69, 9.17) is 4.74 Å². The molecule has 1 fully saturated rings. The molecule has 0 aliphatic carbocycles. The smallest absolute Gasteiger partial charge is 0.240 e. The molecule has 2 unspecified atom stereocenters. The molecule has 0 bridgehead atoms. The molecule has 1 aromatic carbocycles. The molecule has 1 aromatic rings. The van der Waals surface area contributed by atoms with Crippen molar-refractivity contribution >= 4 is 10.0 Å². The Morgan fingerprint density at radius 1 is 1.38 bits per heavy atom. The quantitative estimate of drug-likeness (QED) is 0.836. The van der Waals surface area contributed by atoms with E-state index in [9.17, 15) is 8.42 Å². The van der Waals surface area contributed by atoms with E-state index in [1.165, 1.54) is 0 Å². The van der Waals surface area contributed by atoms with Crippen LogP contribution in [0.3, 0.4) is 0 Å². The topological polar surface area (TPSA) is 67.4 Å². The van der Waals surface area contributed by atoms with E-state index in [2.05, 4.69) is 10.0 Å². The third kappa shape index (κ3) is 4.03. The molecular formula is C15H24N2O3S. The lowest BCUT2D eigenvalue weighted by Gasteiger charge is -2.17. The molecule has 0 spiro atoms. The van der Waals surface area contributed by atoms with Crippen LogP contribution in [-0.2, 0) is 21.3 Å². The Kier molecular flexibility index (Phi) is 5.37. The fourth-order valence-electron chi connectivity index (χ4n) is 2.42. The van der Waals surface area contributed by atoms with Crippen LogP contribution < -0.4 is 10.0 Å². The van der Waals surface area contributed by atoms with E-state index in [1.807, 2.05) is 26.8 Å². The molecule has 0 amide bonds. The van der Waals surface area contributed by atoms with E-state index < -0.39 is 10.0 Å². The van der Waals surface area contributed by atoms with Gasteiger partial charge in [0.15, 0.2) is 0 Å². The number of hydrogen-bond donors (Lipinski definition) is 2. The Hall–Kier alpha value is -0.950. The van der Waals surface area contributed by atoms with Crippen molar-refractivity contribution in [3.8, 4) is 0 Å². The fourth-order valence-corrected chi connectivity index (χ4v) is 3.81. The average Bonchev–Trinajstić information content (AvgIpc) is 2.82. The number of sulfonamides is 1. The van der Waals surface area contributed by atoms with Gasteiger partial charge >= 0.3 is 0 Å². The molecule has 0 saturated carbocycles. The molecule has 1 aliphatic rings. The van der Waals surface area contributed by atoms with Gasteiger partial charge in [-0.1, -0.05) is 13.0 Å². The zero-order chi connectivity index (χ0) is 15.5. The summed E-state index contributed by atoms with van der Waals surface area (Å²) in [4.78, 5) is 0.320. The number of ether oxygens (including phenoxy) is 1. The van der Waals surface area contributed by atoms with Gasteiger partial charge in [0.2, 0.25) is 10.0 Å². The van der Waals surface area contributed by atoms with Crippen molar-refractivity contribution < 1.29 is 13.2 Å². The second kappa shape index (κ2) is 6.87. The predicted octanol–water partition coefficient (Wildman–Crippen LogP) is 1.56. The molecule has 1 heterocycles. The maximum atomic E-state index is 12.5. The van der Waals surface area contributed by atoms with E-state index in [0.29, 0.717) is 18.0 Å². The van der Waals surface area contributed by atoms with Crippen molar-refractivity contribution in [2.75, 3.05) is 13.2 Å². The van der Waals surface area contributed by atoms with Crippen molar-refractivity contribution in [1.29, 1.82) is 0 Å². The van der Waals surface area contributed by atoms with Crippen LogP contribution in [0.2, 0.25) is 0 Å². The summed E-state index contributed by atoms with van der Waals surface area (Å²) in [6.07, 6.45) is 0.641. The molecule has 1 aliphatic heterocycles. The minimum absolute atomic E-state index is 0.0774. The highest BCUT2D eigenvalue weighted by Crippen LogP contribution is 2.19. The summed E-state index contributed by atoms with van der Waals surface area (Å²) in [5, 5.41) is 3.23. The fraction of sp³-hybridized carbons (Fsp3) is 0.600. The van der Waals surface area contributed by atoms with Crippen LogP contribution in [0.4, 0.5) is 0 Å². The Balaban J connectivity index is 2.19. The molecule has 21 heavy (non-hydrogen) atoms. The Bertz CT molecular complexity index is 587. The van der Waals surface area contributed by atoms with Crippen LogP contribution in [0.5, 0.6) is 0 Å². The van der Waals surface area contributed by atoms with E-state index in [0.717, 1.165) is 24.1 Å². The first-order valence-electron chi connectivity index (χ1n) is 7.38. The predicted molar refractivity (Wildman–Crippen MR) is 82.7 cm³/mol. The van der Waals surface area contributed by atoms with Gasteiger partial charge in [-0.15, -0.1) is 0 Å². The maximum Gasteiger partial charge on any atom is 0.240 e. The monoisotopic (exact) mass is 312 g/mol. The van der Waals surface area contributed by atoms with Gasteiger partial charge in [-0.05, 0) is 50.1 Å². The van der Waals surface area contributed by atoms with E-state index in [-0.39, 0.29) is 12.1 Å². The highest BCUT2D eigenvalue weighted by molar-refractivity contribution is 7.89. The van der Waals surface area contributed by atoms with Gasteiger partial charge in [-0.25, -0.2) is 13.1 Å². The number of aryl methyl sites for hydroxylation is 1. The van der Waals surface area contributed by atoms with Crippen LogP contribution in [0.25, 0.3) is 0 Å². The molecular weight excluding hydrogens is 288 g/mol. The Morgan fingerprint density at radius 3 is 2.76 bits per heavy atom. The normalized spacial score (nSPS) is 22.6. The largest absolute Gasteiger partial charge is 0.377 e.